The van der Waals surface area contributed by atoms with E-state index < -0.39 is 6.04 Å². The van der Waals surface area contributed by atoms with Crippen molar-refractivity contribution in [3.8, 4) is 0 Å². The molecule has 1 aliphatic heterocycles. The molecule has 1 aromatic rings. The predicted octanol–water partition coefficient (Wildman–Crippen LogP) is 1.60. The minimum Gasteiger partial charge on any atom is -0.342 e. The van der Waals surface area contributed by atoms with Crippen LogP contribution >= 0.6 is 0 Å². The van der Waals surface area contributed by atoms with Crippen LogP contribution in [0.3, 0.4) is 0 Å². The SMILES string of the molecule is CC(C)C(C)N1CC(=O)NC(Cc2ccccc2)C1=O. The predicted molar refractivity (Wildman–Crippen MR) is 78.1 cm³/mol. The molecule has 0 spiro atoms. The molecule has 1 N–H and O–H groups in total. The Morgan fingerprint density at radius 1 is 1.20 bits per heavy atom. The van der Waals surface area contributed by atoms with Crippen LogP contribution in [-0.4, -0.2) is 35.3 Å². The molecule has 108 valence electrons. The summed E-state index contributed by atoms with van der Waals surface area (Å²) in [5.74, 6) is 0.287. The third-order valence-electron chi connectivity index (χ3n) is 3.97. The molecule has 2 amide bonds. The standard InChI is InChI=1S/C16H22N2O2/c1-11(2)12(3)18-10-15(19)17-14(16(18)20)9-13-7-5-4-6-8-13/h4-8,11-12,14H,9-10H2,1-3H3,(H,17,19). The van der Waals surface area contributed by atoms with E-state index in [2.05, 4.69) is 19.2 Å². The zero-order valence-electron chi connectivity index (χ0n) is 12.3. The zero-order valence-corrected chi connectivity index (χ0v) is 12.3. The van der Waals surface area contributed by atoms with Crippen LogP contribution in [0.1, 0.15) is 26.3 Å². The molecule has 0 saturated carbocycles. The van der Waals surface area contributed by atoms with Gasteiger partial charge in [0.05, 0.1) is 6.54 Å². The second kappa shape index (κ2) is 6.07. The smallest absolute Gasteiger partial charge is 0.246 e. The molecule has 1 fully saturated rings. The number of benzene rings is 1. The number of piperazine rings is 1. The molecule has 20 heavy (non-hydrogen) atoms. The van der Waals surface area contributed by atoms with Crippen molar-refractivity contribution < 1.29 is 9.59 Å². The van der Waals surface area contributed by atoms with E-state index in [0.717, 1.165) is 5.56 Å². The fourth-order valence-corrected chi connectivity index (χ4v) is 2.43. The van der Waals surface area contributed by atoms with Gasteiger partial charge in [-0.15, -0.1) is 0 Å². The molecular weight excluding hydrogens is 252 g/mol. The average Bonchev–Trinajstić information content (AvgIpc) is 2.42. The van der Waals surface area contributed by atoms with E-state index in [-0.39, 0.29) is 24.4 Å². The monoisotopic (exact) mass is 274 g/mol. The third kappa shape index (κ3) is 3.18. The van der Waals surface area contributed by atoms with Gasteiger partial charge >= 0.3 is 0 Å². The van der Waals surface area contributed by atoms with Crippen molar-refractivity contribution in [2.45, 2.75) is 39.3 Å². The minimum absolute atomic E-state index is 0.0228. The van der Waals surface area contributed by atoms with Gasteiger partial charge in [-0.1, -0.05) is 44.2 Å². The maximum Gasteiger partial charge on any atom is 0.246 e. The molecule has 1 aromatic carbocycles. The normalized spacial score (nSPS) is 21.0. The first kappa shape index (κ1) is 14.6. The lowest BCUT2D eigenvalue weighted by molar-refractivity contribution is -0.147. The van der Waals surface area contributed by atoms with E-state index in [9.17, 15) is 9.59 Å². The fourth-order valence-electron chi connectivity index (χ4n) is 2.43. The van der Waals surface area contributed by atoms with Crippen LogP contribution in [0.5, 0.6) is 0 Å². The number of nitrogens with one attached hydrogen (secondary N) is 1. The van der Waals surface area contributed by atoms with Gasteiger partial charge in [0.1, 0.15) is 6.04 Å². The van der Waals surface area contributed by atoms with E-state index in [1.165, 1.54) is 0 Å². The maximum absolute atomic E-state index is 12.5. The number of amides is 2. The Bertz CT molecular complexity index is 485. The van der Waals surface area contributed by atoms with Gasteiger partial charge in [-0.2, -0.15) is 0 Å². The van der Waals surface area contributed by atoms with E-state index in [1.807, 2.05) is 37.3 Å². The molecule has 2 rings (SSSR count). The Balaban J connectivity index is 2.13. The van der Waals surface area contributed by atoms with Gasteiger partial charge in [0.15, 0.2) is 0 Å². The Kier molecular flexibility index (Phi) is 4.42. The number of hydrogen-bond acceptors (Lipinski definition) is 2. The number of carbonyl (C=O) groups excluding carboxylic acids is 2. The summed E-state index contributed by atoms with van der Waals surface area (Å²) in [5, 5.41) is 2.81. The summed E-state index contributed by atoms with van der Waals surface area (Å²) >= 11 is 0. The van der Waals surface area contributed by atoms with E-state index in [4.69, 9.17) is 0 Å². The van der Waals surface area contributed by atoms with Crippen LogP contribution in [0.4, 0.5) is 0 Å². The van der Waals surface area contributed by atoms with Crippen molar-refractivity contribution in [2.24, 2.45) is 5.92 Å². The summed E-state index contributed by atoms with van der Waals surface area (Å²) in [6.07, 6.45) is 0.548. The molecule has 2 atom stereocenters. The van der Waals surface area contributed by atoms with Crippen LogP contribution in [0, 0.1) is 5.92 Å². The van der Waals surface area contributed by atoms with Crippen molar-refractivity contribution in [2.75, 3.05) is 6.54 Å². The Hall–Kier alpha value is -1.84. The first-order valence-electron chi connectivity index (χ1n) is 7.13. The van der Waals surface area contributed by atoms with Crippen molar-refractivity contribution in [1.29, 1.82) is 0 Å². The van der Waals surface area contributed by atoms with Gasteiger partial charge in [0.25, 0.3) is 0 Å². The van der Waals surface area contributed by atoms with Gasteiger partial charge in [-0.05, 0) is 18.4 Å². The van der Waals surface area contributed by atoms with Crippen molar-refractivity contribution in [1.82, 2.24) is 10.2 Å². The largest absolute Gasteiger partial charge is 0.342 e. The highest BCUT2D eigenvalue weighted by Gasteiger charge is 2.35. The molecule has 0 radical (unpaired) electrons. The van der Waals surface area contributed by atoms with Crippen molar-refractivity contribution in [3.63, 3.8) is 0 Å². The van der Waals surface area contributed by atoms with Gasteiger partial charge in [-0.25, -0.2) is 0 Å². The highest BCUT2D eigenvalue weighted by atomic mass is 16.2. The number of hydrogen-bond donors (Lipinski definition) is 1. The Morgan fingerprint density at radius 2 is 1.85 bits per heavy atom. The minimum atomic E-state index is -0.445. The first-order valence-corrected chi connectivity index (χ1v) is 7.13. The molecule has 0 bridgehead atoms. The lowest BCUT2D eigenvalue weighted by Gasteiger charge is -2.38. The molecule has 1 heterocycles. The van der Waals surface area contributed by atoms with Crippen molar-refractivity contribution in [3.05, 3.63) is 35.9 Å². The van der Waals surface area contributed by atoms with Gasteiger partial charge < -0.3 is 10.2 Å². The van der Waals surface area contributed by atoms with E-state index >= 15 is 0 Å². The lowest BCUT2D eigenvalue weighted by Crippen LogP contribution is -2.61. The van der Waals surface area contributed by atoms with Crippen molar-refractivity contribution >= 4 is 11.8 Å². The lowest BCUT2D eigenvalue weighted by atomic mass is 9.99. The molecular formula is C16H22N2O2. The molecule has 1 aliphatic rings. The zero-order chi connectivity index (χ0) is 14.7. The van der Waals surface area contributed by atoms with Crippen LogP contribution in [0.25, 0.3) is 0 Å². The van der Waals surface area contributed by atoms with Crippen LogP contribution in [-0.2, 0) is 16.0 Å². The topological polar surface area (TPSA) is 49.4 Å². The number of rotatable bonds is 4. The summed E-state index contributed by atoms with van der Waals surface area (Å²) in [7, 11) is 0. The second-order valence-electron chi connectivity index (χ2n) is 5.76. The Morgan fingerprint density at radius 3 is 2.45 bits per heavy atom. The highest BCUT2D eigenvalue weighted by molar-refractivity contribution is 5.95. The molecule has 1 saturated heterocycles. The summed E-state index contributed by atoms with van der Waals surface area (Å²) in [6.45, 7) is 6.30. The first-order chi connectivity index (χ1) is 9.49. The maximum atomic E-state index is 12.5. The molecule has 2 unspecified atom stereocenters. The van der Waals surface area contributed by atoms with Crippen LogP contribution in [0.2, 0.25) is 0 Å². The number of nitrogens with zero attached hydrogens (tertiary/aromatic N) is 1. The summed E-state index contributed by atoms with van der Waals surface area (Å²) in [4.78, 5) is 26.1. The van der Waals surface area contributed by atoms with Crippen LogP contribution in [0.15, 0.2) is 30.3 Å². The highest BCUT2D eigenvalue weighted by Crippen LogP contribution is 2.16. The quantitative estimate of drug-likeness (QED) is 0.906. The van der Waals surface area contributed by atoms with Gasteiger partial charge in [0, 0.05) is 12.5 Å². The summed E-state index contributed by atoms with van der Waals surface area (Å²) < 4.78 is 0. The molecule has 4 heteroatoms. The summed E-state index contributed by atoms with van der Waals surface area (Å²) in [5.41, 5.74) is 1.06. The van der Waals surface area contributed by atoms with E-state index in [1.54, 1.807) is 4.90 Å². The number of carbonyl (C=O) groups is 2. The van der Waals surface area contributed by atoms with E-state index in [0.29, 0.717) is 12.3 Å². The molecule has 0 aliphatic carbocycles. The molecule has 4 nitrogen and oxygen atoms in total. The second-order valence-corrected chi connectivity index (χ2v) is 5.76. The fraction of sp³-hybridized carbons (Fsp3) is 0.500. The molecule has 0 aromatic heterocycles. The van der Waals surface area contributed by atoms with Crippen LogP contribution < -0.4 is 5.32 Å². The van der Waals surface area contributed by atoms with Gasteiger partial charge in [-0.3, -0.25) is 9.59 Å². The Labute approximate surface area is 120 Å². The average molecular weight is 274 g/mol. The van der Waals surface area contributed by atoms with Gasteiger partial charge in [0.2, 0.25) is 11.8 Å². The summed E-state index contributed by atoms with van der Waals surface area (Å²) in [6, 6.07) is 9.41. The third-order valence-corrected chi connectivity index (χ3v) is 3.97.